The number of aromatic hydroxyl groups is 2. The number of amides is 1. The summed E-state index contributed by atoms with van der Waals surface area (Å²) >= 11 is 0. The average Bonchev–Trinajstić information content (AvgIpc) is 2.62. The third kappa shape index (κ3) is 4.99. The quantitative estimate of drug-likeness (QED) is 0.434. The number of benzene rings is 2. The topological polar surface area (TPSA) is 99.0 Å². The van der Waals surface area contributed by atoms with Gasteiger partial charge in [-0.25, -0.2) is 0 Å². The number of rotatable bonds is 8. The molecule has 2 aromatic carbocycles. The van der Waals surface area contributed by atoms with Crippen LogP contribution in [0.3, 0.4) is 0 Å². The van der Waals surface area contributed by atoms with Crippen LogP contribution in [0.4, 0.5) is 0 Å². The van der Waals surface area contributed by atoms with Crippen molar-refractivity contribution in [3.63, 3.8) is 0 Å². The Morgan fingerprint density at radius 3 is 2.64 bits per heavy atom. The molecule has 2 aromatic rings. The lowest BCUT2D eigenvalue weighted by Crippen LogP contribution is -2.23. The van der Waals surface area contributed by atoms with E-state index in [9.17, 15) is 15.0 Å². The van der Waals surface area contributed by atoms with Crippen LogP contribution >= 0.6 is 0 Å². The molecular weight excluding hydrogens is 322 g/mol. The highest BCUT2D eigenvalue weighted by atomic mass is 16.5. The smallest absolute Gasteiger partial charge is 0.243 e. The molecule has 132 valence electrons. The maximum Gasteiger partial charge on any atom is 0.243 e. The second-order valence-corrected chi connectivity index (χ2v) is 5.35. The number of hydrogen-bond acceptors (Lipinski definition) is 5. The predicted molar refractivity (Wildman–Crippen MR) is 94.7 cm³/mol. The van der Waals surface area contributed by atoms with Gasteiger partial charge in [-0.3, -0.25) is 4.79 Å². The molecular formula is C19H21NO5. The molecule has 0 saturated heterocycles. The monoisotopic (exact) mass is 343 g/mol. The highest BCUT2D eigenvalue weighted by molar-refractivity contribution is 5.86. The number of aliphatic hydroxyl groups is 1. The standard InChI is InChI=1S/C19H21NO5/c1-2-19(24)20-8-7-13-3-6-18(25-10-9-21)15(11-13)14-4-5-16(22)17(23)12-14/h2-6,11-12,21-23H,1,7-10H2,(H,20,24). The maximum atomic E-state index is 11.2. The van der Waals surface area contributed by atoms with Gasteiger partial charge < -0.3 is 25.4 Å². The minimum Gasteiger partial charge on any atom is -0.504 e. The number of phenolic OH excluding ortho intramolecular Hbond substituents is 2. The Bertz CT molecular complexity index is 757. The van der Waals surface area contributed by atoms with Crippen molar-refractivity contribution in [3.8, 4) is 28.4 Å². The lowest BCUT2D eigenvalue weighted by Gasteiger charge is -2.14. The summed E-state index contributed by atoms with van der Waals surface area (Å²) < 4.78 is 5.55. The molecule has 1 amide bonds. The SMILES string of the molecule is C=CC(=O)NCCc1ccc(OCCO)c(-c2ccc(O)c(O)c2)c1. The molecule has 0 aromatic heterocycles. The summed E-state index contributed by atoms with van der Waals surface area (Å²) in [5.41, 5.74) is 2.35. The molecule has 6 nitrogen and oxygen atoms in total. The van der Waals surface area contributed by atoms with Crippen LogP contribution < -0.4 is 10.1 Å². The molecule has 0 fully saturated rings. The number of hydrogen-bond donors (Lipinski definition) is 4. The van der Waals surface area contributed by atoms with Crippen molar-refractivity contribution in [2.45, 2.75) is 6.42 Å². The lowest BCUT2D eigenvalue weighted by atomic mass is 10.00. The summed E-state index contributed by atoms with van der Waals surface area (Å²) in [6.45, 7) is 3.89. The van der Waals surface area contributed by atoms with Crippen molar-refractivity contribution in [1.29, 1.82) is 0 Å². The summed E-state index contributed by atoms with van der Waals surface area (Å²) in [5.74, 6) is -0.108. The van der Waals surface area contributed by atoms with E-state index in [1.54, 1.807) is 12.1 Å². The Morgan fingerprint density at radius 2 is 1.96 bits per heavy atom. The van der Waals surface area contributed by atoms with Crippen molar-refractivity contribution in [2.24, 2.45) is 0 Å². The summed E-state index contributed by atoms with van der Waals surface area (Å²) in [5, 5.41) is 30.9. The van der Waals surface area contributed by atoms with Crippen LogP contribution in [0.1, 0.15) is 5.56 Å². The normalized spacial score (nSPS) is 10.3. The molecule has 25 heavy (non-hydrogen) atoms. The summed E-state index contributed by atoms with van der Waals surface area (Å²) in [4.78, 5) is 11.2. The Balaban J connectivity index is 2.28. The van der Waals surface area contributed by atoms with Crippen LogP contribution in [0, 0.1) is 0 Å². The number of ether oxygens (including phenoxy) is 1. The number of nitrogens with one attached hydrogen (secondary N) is 1. The zero-order chi connectivity index (χ0) is 18.2. The molecule has 0 spiro atoms. The number of carbonyl (C=O) groups excluding carboxylic acids is 1. The second-order valence-electron chi connectivity index (χ2n) is 5.35. The summed E-state index contributed by atoms with van der Waals surface area (Å²) in [6.07, 6.45) is 1.83. The van der Waals surface area contributed by atoms with Gasteiger partial charge in [-0.05, 0) is 47.9 Å². The molecule has 0 aliphatic carbocycles. The highest BCUT2D eigenvalue weighted by Gasteiger charge is 2.11. The van der Waals surface area contributed by atoms with Crippen LogP contribution in [0.25, 0.3) is 11.1 Å². The molecule has 0 heterocycles. The maximum absolute atomic E-state index is 11.2. The molecule has 2 rings (SSSR count). The Kier molecular flexibility index (Phi) is 6.42. The third-order valence-corrected chi connectivity index (χ3v) is 3.58. The summed E-state index contributed by atoms with van der Waals surface area (Å²) in [7, 11) is 0. The van der Waals surface area contributed by atoms with Crippen molar-refractivity contribution < 1.29 is 24.9 Å². The molecule has 6 heteroatoms. The van der Waals surface area contributed by atoms with Crippen LogP contribution in [0.5, 0.6) is 17.2 Å². The molecule has 0 atom stereocenters. The van der Waals surface area contributed by atoms with Crippen LogP contribution in [0.15, 0.2) is 49.1 Å². The minimum absolute atomic E-state index is 0.115. The minimum atomic E-state index is -0.230. The van der Waals surface area contributed by atoms with Gasteiger partial charge in [0.1, 0.15) is 12.4 Å². The van der Waals surface area contributed by atoms with E-state index in [4.69, 9.17) is 9.84 Å². The van der Waals surface area contributed by atoms with Crippen molar-refractivity contribution in [2.75, 3.05) is 19.8 Å². The van der Waals surface area contributed by atoms with Crippen molar-refractivity contribution in [3.05, 3.63) is 54.6 Å². The molecule has 0 bridgehead atoms. The Hall–Kier alpha value is -2.99. The molecule has 0 radical (unpaired) electrons. The fraction of sp³-hybridized carbons (Fsp3) is 0.211. The van der Waals surface area contributed by atoms with Gasteiger partial charge in [-0.1, -0.05) is 18.7 Å². The lowest BCUT2D eigenvalue weighted by molar-refractivity contribution is -0.116. The van der Waals surface area contributed by atoms with E-state index in [2.05, 4.69) is 11.9 Å². The first-order chi connectivity index (χ1) is 12.0. The van der Waals surface area contributed by atoms with E-state index in [0.29, 0.717) is 24.3 Å². The van der Waals surface area contributed by atoms with Crippen LogP contribution in [-0.4, -0.2) is 41.0 Å². The zero-order valence-electron chi connectivity index (χ0n) is 13.7. The highest BCUT2D eigenvalue weighted by Crippen LogP contribution is 2.36. The van der Waals surface area contributed by atoms with Gasteiger partial charge in [-0.15, -0.1) is 0 Å². The van der Waals surface area contributed by atoms with Crippen LogP contribution in [-0.2, 0) is 11.2 Å². The number of aliphatic hydroxyl groups excluding tert-OH is 1. The molecule has 4 N–H and O–H groups in total. The molecule has 0 unspecified atom stereocenters. The molecule has 0 aliphatic heterocycles. The van der Waals surface area contributed by atoms with Gasteiger partial charge in [0.05, 0.1) is 6.61 Å². The van der Waals surface area contributed by atoms with E-state index >= 15 is 0 Å². The first kappa shape index (κ1) is 18.4. The van der Waals surface area contributed by atoms with Gasteiger partial charge in [0.25, 0.3) is 0 Å². The second kappa shape index (κ2) is 8.75. The third-order valence-electron chi connectivity index (χ3n) is 3.58. The summed E-state index contributed by atoms with van der Waals surface area (Å²) in [6, 6.07) is 10.0. The Labute approximate surface area is 146 Å². The van der Waals surface area contributed by atoms with Crippen molar-refractivity contribution >= 4 is 5.91 Å². The fourth-order valence-corrected chi connectivity index (χ4v) is 2.33. The van der Waals surface area contributed by atoms with E-state index < -0.39 is 0 Å². The fourth-order valence-electron chi connectivity index (χ4n) is 2.33. The van der Waals surface area contributed by atoms with E-state index in [0.717, 1.165) is 11.1 Å². The average molecular weight is 343 g/mol. The number of phenols is 2. The first-order valence-corrected chi connectivity index (χ1v) is 7.84. The van der Waals surface area contributed by atoms with E-state index in [1.807, 2.05) is 12.1 Å². The van der Waals surface area contributed by atoms with Gasteiger partial charge >= 0.3 is 0 Å². The van der Waals surface area contributed by atoms with Gasteiger partial charge in [0.2, 0.25) is 5.91 Å². The first-order valence-electron chi connectivity index (χ1n) is 7.84. The van der Waals surface area contributed by atoms with Gasteiger partial charge in [0.15, 0.2) is 11.5 Å². The van der Waals surface area contributed by atoms with Crippen molar-refractivity contribution in [1.82, 2.24) is 5.32 Å². The predicted octanol–water partition coefficient (Wildman–Crippen LogP) is 1.98. The molecule has 0 saturated carbocycles. The van der Waals surface area contributed by atoms with Gasteiger partial charge in [-0.2, -0.15) is 0 Å². The Morgan fingerprint density at radius 1 is 1.16 bits per heavy atom. The van der Waals surface area contributed by atoms with E-state index in [1.165, 1.54) is 18.2 Å². The van der Waals surface area contributed by atoms with Crippen LogP contribution in [0.2, 0.25) is 0 Å². The van der Waals surface area contributed by atoms with Gasteiger partial charge in [0, 0.05) is 12.1 Å². The van der Waals surface area contributed by atoms with E-state index in [-0.39, 0.29) is 30.6 Å². The largest absolute Gasteiger partial charge is 0.504 e. The number of carbonyl (C=O) groups is 1. The zero-order valence-corrected chi connectivity index (χ0v) is 13.7. The molecule has 0 aliphatic rings.